The van der Waals surface area contributed by atoms with E-state index in [2.05, 4.69) is 20.8 Å². The minimum absolute atomic E-state index is 0.230. The lowest BCUT2D eigenvalue weighted by atomic mass is 10.1. The van der Waals surface area contributed by atoms with Crippen LogP contribution in [-0.4, -0.2) is 30.8 Å². The standard InChI is InChI=1S/C23H18Cl2N4O2/c24-18-9-5-16(6-10-18)13-26-21-4-2-1-3-20(21)23(31)27-15-22(30)29-28-14-17-7-11-19(25)12-8-17/h1-14H,15H2,(H,27,31)(H,29,30)/b26-13?,28-14-. The molecule has 8 heteroatoms. The number of carbonyl (C=O) groups excluding carboxylic acids is 2. The molecule has 0 aliphatic heterocycles. The van der Waals surface area contributed by atoms with Crippen LogP contribution >= 0.6 is 23.2 Å². The summed E-state index contributed by atoms with van der Waals surface area (Å²) in [6.07, 6.45) is 3.12. The van der Waals surface area contributed by atoms with Crippen LogP contribution in [0.4, 0.5) is 5.69 Å². The van der Waals surface area contributed by atoms with Gasteiger partial charge in [-0.2, -0.15) is 5.10 Å². The van der Waals surface area contributed by atoms with Crippen LogP contribution in [0.5, 0.6) is 0 Å². The molecule has 3 aromatic carbocycles. The Morgan fingerprint density at radius 1 is 0.806 bits per heavy atom. The molecule has 3 rings (SSSR count). The molecule has 0 unspecified atom stereocenters. The Hall–Kier alpha value is -3.48. The van der Waals surface area contributed by atoms with E-state index in [-0.39, 0.29) is 6.54 Å². The molecule has 3 aromatic rings. The molecule has 0 saturated carbocycles. The van der Waals surface area contributed by atoms with Crippen LogP contribution in [0.15, 0.2) is 82.9 Å². The predicted octanol–water partition coefficient (Wildman–Crippen LogP) is 4.62. The van der Waals surface area contributed by atoms with Gasteiger partial charge in [0.25, 0.3) is 11.8 Å². The van der Waals surface area contributed by atoms with Crippen molar-refractivity contribution in [1.29, 1.82) is 0 Å². The third-order valence-corrected chi connectivity index (χ3v) is 4.56. The fourth-order valence-electron chi connectivity index (χ4n) is 2.49. The third kappa shape index (κ3) is 7.06. The van der Waals surface area contributed by atoms with Gasteiger partial charge < -0.3 is 5.32 Å². The number of carbonyl (C=O) groups is 2. The molecule has 2 amide bonds. The minimum Gasteiger partial charge on any atom is -0.343 e. The zero-order valence-electron chi connectivity index (χ0n) is 16.3. The molecule has 0 aromatic heterocycles. The average molecular weight is 453 g/mol. The monoisotopic (exact) mass is 452 g/mol. The van der Waals surface area contributed by atoms with E-state index in [9.17, 15) is 9.59 Å². The second-order valence-electron chi connectivity index (χ2n) is 6.35. The highest BCUT2D eigenvalue weighted by atomic mass is 35.5. The van der Waals surface area contributed by atoms with Crippen LogP contribution in [0.3, 0.4) is 0 Å². The number of benzene rings is 3. The SMILES string of the molecule is O=C(CNC(=O)c1ccccc1N=Cc1ccc(Cl)cc1)N/N=C\c1ccc(Cl)cc1. The molecule has 0 saturated heterocycles. The number of hydrogen-bond donors (Lipinski definition) is 2. The van der Waals surface area contributed by atoms with Crippen molar-refractivity contribution in [2.45, 2.75) is 0 Å². The first-order chi connectivity index (χ1) is 15.0. The number of rotatable bonds is 7. The number of aliphatic imine (C=N–C) groups is 1. The van der Waals surface area contributed by atoms with E-state index < -0.39 is 11.8 Å². The zero-order valence-corrected chi connectivity index (χ0v) is 17.8. The molecule has 0 fully saturated rings. The summed E-state index contributed by atoms with van der Waals surface area (Å²) in [5.74, 6) is -0.874. The van der Waals surface area contributed by atoms with Gasteiger partial charge in [-0.25, -0.2) is 5.43 Å². The highest BCUT2D eigenvalue weighted by molar-refractivity contribution is 6.30. The Balaban J connectivity index is 1.56. The maximum atomic E-state index is 12.5. The van der Waals surface area contributed by atoms with Gasteiger partial charge in [0, 0.05) is 16.3 Å². The smallest absolute Gasteiger partial charge is 0.259 e. The molecule has 0 radical (unpaired) electrons. The maximum absolute atomic E-state index is 12.5. The molecule has 6 nitrogen and oxygen atoms in total. The molecule has 0 aliphatic carbocycles. The summed E-state index contributed by atoms with van der Waals surface area (Å²) in [6.45, 7) is -0.230. The van der Waals surface area contributed by atoms with Gasteiger partial charge in [-0.1, -0.05) is 59.6 Å². The van der Waals surface area contributed by atoms with Crippen molar-refractivity contribution in [2.24, 2.45) is 10.1 Å². The normalized spacial score (nSPS) is 11.0. The van der Waals surface area contributed by atoms with Gasteiger partial charge in [-0.05, 0) is 47.5 Å². The Kier molecular flexibility index (Phi) is 7.92. The quantitative estimate of drug-likeness (QED) is 0.404. The summed E-state index contributed by atoms with van der Waals surface area (Å²) in [5, 5.41) is 7.67. The van der Waals surface area contributed by atoms with E-state index in [1.54, 1.807) is 66.9 Å². The van der Waals surface area contributed by atoms with E-state index in [1.807, 2.05) is 12.1 Å². The van der Waals surface area contributed by atoms with Crippen molar-refractivity contribution in [3.05, 3.63) is 99.5 Å². The summed E-state index contributed by atoms with van der Waals surface area (Å²) in [5.41, 5.74) is 4.82. The van der Waals surface area contributed by atoms with Crippen molar-refractivity contribution in [3.8, 4) is 0 Å². The number of halogens is 2. The molecule has 31 heavy (non-hydrogen) atoms. The van der Waals surface area contributed by atoms with Crippen molar-refractivity contribution in [3.63, 3.8) is 0 Å². The van der Waals surface area contributed by atoms with Gasteiger partial charge in [-0.3, -0.25) is 14.6 Å². The van der Waals surface area contributed by atoms with Gasteiger partial charge >= 0.3 is 0 Å². The maximum Gasteiger partial charge on any atom is 0.259 e. The highest BCUT2D eigenvalue weighted by Gasteiger charge is 2.11. The van der Waals surface area contributed by atoms with Crippen LogP contribution < -0.4 is 10.7 Å². The molecule has 0 spiro atoms. The summed E-state index contributed by atoms with van der Waals surface area (Å²) in [6, 6.07) is 21.0. The summed E-state index contributed by atoms with van der Waals surface area (Å²) >= 11 is 11.7. The van der Waals surface area contributed by atoms with Crippen molar-refractivity contribution in [2.75, 3.05) is 6.54 Å². The molecular formula is C23H18Cl2N4O2. The first-order valence-electron chi connectivity index (χ1n) is 9.25. The minimum atomic E-state index is -0.458. The lowest BCUT2D eigenvalue weighted by molar-refractivity contribution is -0.120. The lowest BCUT2D eigenvalue weighted by Crippen LogP contribution is -2.34. The molecule has 0 heterocycles. The Morgan fingerprint density at radius 2 is 1.39 bits per heavy atom. The molecule has 2 N–H and O–H groups in total. The van der Waals surface area contributed by atoms with Gasteiger partial charge in [0.05, 0.1) is 24.0 Å². The van der Waals surface area contributed by atoms with E-state index in [0.29, 0.717) is 21.3 Å². The van der Waals surface area contributed by atoms with Crippen LogP contribution in [-0.2, 0) is 4.79 Å². The van der Waals surface area contributed by atoms with Gasteiger partial charge in [0.2, 0.25) is 0 Å². The Labute approximate surface area is 189 Å². The number of para-hydroxylation sites is 1. The van der Waals surface area contributed by atoms with E-state index in [4.69, 9.17) is 23.2 Å². The Bertz CT molecular complexity index is 1110. The van der Waals surface area contributed by atoms with Crippen LogP contribution in [0.25, 0.3) is 0 Å². The zero-order chi connectivity index (χ0) is 22.1. The average Bonchev–Trinajstić information content (AvgIpc) is 2.78. The van der Waals surface area contributed by atoms with Gasteiger partial charge in [-0.15, -0.1) is 0 Å². The molecule has 0 aliphatic rings. The van der Waals surface area contributed by atoms with Crippen LogP contribution in [0, 0.1) is 0 Å². The van der Waals surface area contributed by atoms with E-state index in [1.165, 1.54) is 6.21 Å². The largest absolute Gasteiger partial charge is 0.343 e. The van der Waals surface area contributed by atoms with Crippen molar-refractivity contribution in [1.82, 2.24) is 10.7 Å². The molecule has 0 bridgehead atoms. The fourth-order valence-corrected chi connectivity index (χ4v) is 2.75. The summed E-state index contributed by atoms with van der Waals surface area (Å²) in [4.78, 5) is 28.8. The number of nitrogens with zero attached hydrogens (tertiary/aromatic N) is 2. The van der Waals surface area contributed by atoms with Gasteiger partial charge in [0.15, 0.2) is 0 Å². The fraction of sp³-hybridized carbons (Fsp3) is 0.0435. The van der Waals surface area contributed by atoms with E-state index >= 15 is 0 Å². The summed E-state index contributed by atoms with van der Waals surface area (Å²) < 4.78 is 0. The first-order valence-corrected chi connectivity index (χ1v) is 10.0. The topological polar surface area (TPSA) is 82.9 Å². The van der Waals surface area contributed by atoms with Crippen molar-refractivity contribution >= 4 is 53.1 Å². The van der Waals surface area contributed by atoms with Gasteiger partial charge in [0.1, 0.15) is 0 Å². The predicted molar refractivity (Wildman–Crippen MR) is 125 cm³/mol. The Morgan fingerprint density at radius 3 is 2.03 bits per heavy atom. The second kappa shape index (κ2) is 11.1. The number of nitrogens with one attached hydrogen (secondary N) is 2. The number of hydrogen-bond acceptors (Lipinski definition) is 4. The van der Waals surface area contributed by atoms with Crippen molar-refractivity contribution < 1.29 is 9.59 Å². The molecular weight excluding hydrogens is 435 g/mol. The molecule has 0 atom stereocenters. The highest BCUT2D eigenvalue weighted by Crippen LogP contribution is 2.19. The van der Waals surface area contributed by atoms with E-state index in [0.717, 1.165) is 11.1 Å². The first kappa shape index (κ1) is 22.2. The molecule has 156 valence electrons. The second-order valence-corrected chi connectivity index (χ2v) is 7.23. The third-order valence-electron chi connectivity index (χ3n) is 4.05. The van der Waals surface area contributed by atoms with Crippen LogP contribution in [0.2, 0.25) is 10.0 Å². The number of hydrazone groups is 1. The lowest BCUT2D eigenvalue weighted by Gasteiger charge is -2.07. The summed E-state index contributed by atoms with van der Waals surface area (Å²) in [7, 11) is 0. The number of amides is 2. The van der Waals surface area contributed by atoms with Crippen LogP contribution in [0.1, 0.15) is 21.5 Å².